The zero-order valence-electron chi connectivity index (χ0n) is 8.99. The zero-order chi connectivity index (χ0) is 11.8. The van der Waals surface area contributed by atoms with E-state index in [2.05, 4.69) is 10.3 Å². The van der Waals surface area contributed by atoms with Crippen molar-refractivity contribution >= 4 is 28.9 Å². The van der Waals surface area contributed by atoms with Crippen molar-refractivity contribution in [3.05, 3.63) is 23.9 Å². The number of aromatic nitrogens is 1. The van der Waals surface area contributed by atoms with Crippen LogP contribution >= 0.6 is 12.2 Å². The molecule has 0 aliphatic heterocycles. The van der Waals surface area contributed by atoms with Gasteiger partial charge in [0.15, 0.2) is 0 Å². The Kier molecular flexibility index (Phi) is 2.63. The largest absolute Gasteiger partial charge is 0.392 e. The average molecular weight is 235 g/mol. The second kappa shape index (κ2) is 3.83. The maximum Gasteiger partial charge on any atom is 0.238 e. The predicted octanol–water partition coefficient (Wildman–Crippen LogP) is 1.39. The van der Waals surface area contributed by atoms with Crippen LogP contribution in [0.1, 0.15) is 18.5 Å². The normalized spacial score (nSPS) is 16.6. The van der Waals surface area contributed by atoms with Crippen LogP contribution in [0.5, 0.6) is 0 Å². The van der Waals surface area contributed by atoms with Crippen LogP contribution in [-0.4, -0.2) is 15.9 Å². The fourth-order valence-electron chi connectivity index (χ4n) is 1.56. The van der Waals surface area contributed by atoms with Crippen LogP contribution in [0.15, 0.2) is 18.2 Å². The van der Waals surface area contributed by atoms with Gasteiger partial charge in [-0.05, 0) is 31.9 Å². The molecule has 2 rings (SSSR count). The summed E-state index contributed by atoms with van der Waals surface area (Å²) in [5.41, 5.74) is 5.80. The van der Waals surface area contributed by atoms with E-state index in [1.165, 1.54) is 0 Å². The summed E-state index contributed by atoms with van der Waals surface area (Å²) in [5.74, 6) is 0.408. The van der Waals surface area contributed by atoms with Gasteiger partial charge >= 0.3 is 0 Å². The van der Waals surface area contributed by atoms with Crippen LogP contribution in [0.2, 0.25) is 0 Å². The smallest absolute Gasteiger partial charge is 0.238 e. The minimum absolute atomic E-state index is 0.141. The molecule has 1 aromatic heterocycles. The van der Waals surface area contributed by atoms with E-state index in [0.29, 0.717) is 5.82 Å². The van der Waals surface area contributed by atoms with Crippen molar-refractivity contribution in [1.82, 2.24) is 4.98 Å². The van der Waals surface area contributed by atoms with Crippen molar-refractivity contribution in [1.29, 1.82) is 0 Å². The number of rotatable bonds is 3. The highest BCUT2D eigenvalue weighted by atomic mass is 32.1. The van der Waals surface area contributed by atoms with Gasteiger partial charge in [0.05, 0.1) is 10.4 Å². The summed E-state index contributed by atoms with van der Waals surface area (Å²) in [6.07, 6.45) is 1.47. The second-order valence-electron chi connectivity index (χ2n) is 4.06. The van der Waals surface area contributed by atoms with Crippen LogP contribution in [0.4, 0.5) is 5.82 Å². The van der Waals surface area contributed by atoms with Gasteiger partial charge in [0, 0.05) is 5.69 Å². The molecule has 16 heavy (non-hydrogen) atoms. The molecule has 84 valence electrons. The molecule has 1 amide bonds. The number of aryl methyl sites for hydroxylation is 1. The molecule has 1 heterocycles. The summed E-state index contributed by atoms with van der Waals surface area (Å²) in [7, 11) is 0. The third-order valence-electron chi connectivity index (χ3n) is 2.79. The summed E-state index contributed by atoms with van der Waals surface area (Å²) in [6.45, 7) is 1.87. The standard InChI is InChI=1S/C11H13N3OS/c1-7-3-2-4-8(13-7)14-10(15)11(5-6-11)9(12)16/h2-4H,5-6H2,1H3,(H2,12,16)(H,13,14,15). The highest BCUT2D eigenvalue weighted by molar-refractivity contribution is 7.80. The van der Waals surface area contributed by atoms with Crippen LogP contribution < -0.4 is 11.1 Å². The summed E-state index contributed by atoms with van der Waals surface area (Å²) in [6, 6.07) is 5.47. The Morgan fingerprint density at radius 2 is 2.25 bits per heavy atom. The van der Waals surface area contributed by atoms with Crippen LogP contribution in [0, 0.1) is 12.3 Å². The Morgan fingerprint density at radius 1 is 1.56 bits per heavy atom. The van der Waals surface area contributed by atoms with Gasteiger partial charge in [-0.1, -0.05) is 18.3 Å². The van der Waals surface area contributed by atoms with Crippen molar-refractivity contribution in [3.8, 4) is 0 Å². The molecule has 5 heteroatoms. The van der Waals surface area contributed by atoms with E-state index < -0.39 is 5.41 Å². The van der Waals surface area contributed by atoms with Crippen molar-refractivity contribution in [2.45, 2.75) is 19.8 Å². The van der Waals surface area contributed by atoms with E-state index in [9.17, 15) is 4.79 Å². The predicted molar refractivity (Wildman–Crippen MR) is 66.1 cm³/mol. The molecule has 0 aromatic carbocycles. The lowest BCUT2D eigenvalue weighted by Gasteiger charge is -2.13. The Hall–Kier alpha value is -1.49. The summed E-state index contributed by atoms with van der Waals surface area (Å²) < 4.78 is 0. The molecule has 1 aliphatic carbocycles. The maximum atomic E-state index is 11.9. The molecule has 3 N–H and O–H groups in total. The van der Waals surface area contributed by atoms with Crippen molar-refractivity contribution < 1.29 is 4.79 Å². The molecule has 0 atom stereocenters. The second-order valence-corrected chi connectivity index (χ2v) is 4.50. The van der Waals surface area contributed by atoms with E-state index in [4.69, 9.17) is 18.0 Å². The third kappa shape index (κ3) is 1.90. The van der Waals surface area contributed by atoms with Crippen molar-refractivity contribution in [2.24, 2.45) is 11.1 Å². The molecule has 1 aliphatic rings. The molecule has 0 spiro atoms. The molecule has 4 nitrogen and oxygen atoms in total. The lowest BCUT2D eigenvalue weighted by Crippen LogP contribution is -2.35. The quantitative estimate of drug-likeness (QED) is 0.777. The van der Waals surface area contributed by atoms with Crippen molar-refractivity contribution in [3.63, 3.8) is 0 Å². The number of nitrogens with zero attached hydrogens (tertiary/aromatic N) is 1. The van der Waals surface area contributed by atoms with Gasteiger partial charge in [0.1, 0.15) is 5.82 Å². The number of hydrogen-bond donors (Lipinski definition) is 2. The molecule has 0 bridgehead atoms. The highest BCUT2D eigenvalue weighted by Gasteiger charge is 2.52. The minimum atomic E-state index is -0.624. The summed E-state index contributed by atoms with van der Waals surface area (Å²) in [5, 5.41) is 2.75. The molecule has 0 unspecified atom stereocenters. The van der Waals surface area contributed by atoms with Gasteiger partial charge in [-0.3, -0.25) is 4.79 Å². The lowest BCUT2D eigenvalue weighted by molar-refractivity contribution is -0.118. The van der Waals surface area contributed by atoms with E-state index in [0.717, 1.165) is 18.5 Å². The first-order valence-electron chi connectivity index (χ1n) is 5.10. The van der Waals surface area contributed by atoms with Gasteiger partial charge in [-0.15, -0.1) is 0 Å². The molecular formula is C11H13N3OS. The summed E-state index contributed by atoms with van der Waals surface area (Å²) >= 11 is 4.91. The number of hydrogen-bond acceptors (Lipinski definition) is 3. The topological polar surface area (TPSA) is 68.0 Å². The van der Waals surface area contributed by atoms with E-state index in [1.54, 1.807) is 6.07 Å². The SMILES string of the molecule is Cc1cccc(NC(=O)C2(C(N)=S)CC2)n1. The Balaban J connectivity index is 2.11. The zero-order valence-corrected chi connectivity index (χ0v) is 9.80. The number of carbonyl (C=O) groups is 1. The first-order chi connectivity index (χ1) is 7.54. The first-order valence-corrected chi connectivity index (χ1v) is 5.50. The maximum absolute atomic E-state index is 11.9. The fourth-order valence-corrected chi connectivity index (χ4v) is 1.86. The molecule has 1 aromatic rings. The van der Waals surface area contributed by atoms with E-state index >= 15 is 0 Å². The average Bonchev–Trinajstić information content (AvgIpc) is 2.97. The first kappa shape index (κ1) is 11.0. The number of anilines is 1. The van der Waals surface area contributed by atoms with E-state index in [1.807, 2.05) is 19.1 Å². The number of nitrogens with one attached hydrogen (secondary N) is 1. The number of thiocarbonyl (C=S) groups is 1. The molecular weight excluding hydrogens is 222 g/mol. The number of amides is 1. The monoisotopic (exact) mass is 235 g/mol. The van der Waals surface area contributed by atoms with Gasteiger partial charge < -0.3 is 11.1 Å². The highest BCUT2D eigenvalue weighted by Crippen LogP contribution is 2.46. The van der Waals surface area contributed by atoms with Gasteiger partial charge in [-0.2, -0.15) is 0 Å². The minimum Gasteiger partial charge on any atom is -0.392 e. The van der Waals surface area contributed by atoms with Crippen LogP contribution in [0.25, 0.3) is 0 Å². The van der Waals surface area contributed by atoms with Gasteiger partial charge in [-0.25, -0.2) is 4.98 Å². The lowest BCUT2D eigenvalue weighted by atomic mass is 10.1. The molecule has 0 saturated heterocycles. The van der Waals surface area contributed by atoms with E-state index in [-0.39, 0.29) is 10.9 Å². The van der Waals surface area contributed by atoms with Gasteiger partial charge in [0.25, 0.3) is 0 Å². The number of pyridine rings is 1. The number of nitrogens with two attached hydrogens (primary N) is 1. The molecule has 1 saturated carbocycles. The Labute approximate surface area is 99.2 Å². The number of carbonyl (C=O) groups excluding carboxylic acids is 1. The van der Waals surface area contributed by atoms with Crippen molar-refractivity contribution in [2.75, 3.05) is 5.32 Å². The Bertz CT molecular complexity index is 454. The van der Waals surface area contributed by atoms with Gasteiger partial charge in [0.2, 0.25) is 5.91 Å². The molecule has 1 fully saturated rings. The Morgan fingerprint density at radius 3 is 2.75 bits per heavy atom. The van der Waals surface area contributed by atoms with Crippen LogP contribution in [-0.2, 0) is 4.79 Å². The summed E-state index contributed by atoms with van der Waals surface area (Å²) in [4.78, 5) is 16.4. The third-order valence-corrected chi connectivity index (χ3v) is 3.18. The molecule has 0 radical (unpaired) electrons. The van der Waals surface area contributed by atoms with Crippen LogP contribution in [0.3, 0.4) is 0 Å². The fraction of sp³-hybridized carbons (Fsp3) is 0.364.